The number of amides is 1. The fourth-order valence-electron chi connectivity index (χ4n) is 4.62. The molecule has 0 unspecified atom stereocenters. The third-order valence-corrected chi connectivity index (χ3v) is 6.30. The topological polar surface area (TPSA) is 68.0 Å². The van der Waals surface area contributed by atoms with E-state index in [1.165, 1.54) is 0 Å². The Labute approximate surface area is 187 Å². The molecule has 5 rings (SSSR count). The van der Waals surface area contributed by atoms with E-state index >= 15 is 0 Å². The Morgan fingerprint density at radius 1 is 0.875 bits per heavy atom. The average Bonchev–Trinajstić information content (AvgIpc) is 3.52. The van der Waals surface area contributed by atoms with Crippen molar-refractivity contribution >= 4 is 11.6 Å². The summed E-state index contributed by atoms with van der Waals surface area (Å²) in [4.78, 5) is 18.2. The van der Waals surface area contributed by atoms with E-state index in [2.05, 4.69) is 27.6 Å². The zero-order valence-corrected chi connectivity index (χ0v) is 17.8. The molecule has 5 nitrogen and oxygen atoms in total. The standard InChI is InChI=1S/C27H25N3O2/c31-26(27(17-9-10-18-27)21-13-5-2-6-14-21)28-23-16-8-7-15-22(23)25-29-24(30-32-25)19-20-11-3-1-4-12-20/h1-8,11-16H,9-10,17-19H2,(H,28,31). The highest BCUT2D eigenvalue weighted by Gasteiger charge is 2.42. The lowest BCUT2D eigenvalue weighted by molar-refractivity contribution is -0.121. The van der Waals surface area contributed by atoms with Crippen LogP contribution in [0.25, 0.3) is 11.5 Å². The Morgan fingerprint density at radius 2 is 1.53 bits per heavy atom. The molecule has 1 aliphatic carbocycles. The largest absolute Gasteiger partial charge is 0.334 e. The first kappa shape index (κ1) is 20.2. The van der Waals surface area contributed by atoms with Gasteiger partial charge in [0.15, 0.2) is 5.82 Å². The Balaban J connectivity index is 1.41. The minimum Gasteiger partial charge on any atom is -0.334 e. The van der Waals surface area contributed by atoms with Crippen molar-refractivity contribution in [2.24, 2.45) is 0 Å². The smallest absolute Gasteiger partial charge is 0.260 e. The second kappa shape index (κ2) is 8.79. The van der Waals surface area contributed by atoms with Gasteiger partial charge < -0.3 is 9.84 Å². The van der Waals surface area contributed by atoms with Gasteiger partial charge >= 0.3 is 0 Å². The van der Waals surface area contributed by atoms with Crippen molar-refractivity contribution in [3.05, 3.63) is 102 Å². The number of benzene rings is 3. The summed E-state index contributed by atoms with van der Waals surface area (Å²) in [6.07, 6.45) is 4.41. The minimum atomic E-state index is -0.498. The van der Waals surface area contributed by atoms with Gasteiger partial charge in [-0.15, -0.1) is 0 Å². The van der Waals surface area contributed by atoms with E-state index in [0.29, 0.717) is 23.8 Å². The third kappa shape index (κ3) is 3.94. The number of hydrogen-bond donors (Lipinski definition) is 1. The molecule has 0 atom stereocenters. The highest BCUT2D eigenvalue weighted by Crippen LogP contribution is 2.42. The molecule has 1 aliphatic rings. The minimum absolute atomic E-state index is 0.0256. The quantitative estimate of drug-likeness (QED) is 0.427. The van der Waals surface area contributed by atoms with E-state index < -0.39 is 5.41 Å². The second-order valence-corrected chi connectivity index (χ2v) is 8.33. The average molecular weight is 424 g/mol. The van der Waals surface area contributed by atoms with E-state index in [1.54, 1.807) is 0 Å². The molecule has 3 aromatic carbocycles. The molecule has 1 amide bonds. The van der Waals surface area contributed by atoms with Crippen molar-refractivity contribution in [2.45, 2.75) is 37.5 Å². The normalized spacial score (nSPS) is 14.9. The monoisotopic (exact) mass is 423 g/mol. The molecule has 0 spiro atoms. The van der Waals surface area contributed by atoms with Gasteiger partial charge in [-0.25, -0.2) is 0 Å². The Kier molecular flexibility index (Phi) is 5.55. The lowest BCUT2D eigenvalue weighted by Gasteiger charge is -2.28. The second-order valence-electron chi connectivity index (χ2n) is 8.33. The van der Waals surface area contributed by atoms with Crippen LogP contribution in [0, 0.1) is 0 Å². The van der Waals surface area contributed by atoms with Crippen LogP contribution in [-0.4, -0.2) is 16.0 Å². The highest BCUT2D eigenvalue weighted by molar-refractivity contribution is 6.01. The first-order valence-corrected chi connectivity index (χ1v) is 11.1. The number of anilines is 1. The van der Waals surface area contributed by atoms with Crippen LogP contribution in [0.2, 0.25) is 0 Å². The lowest BCUT2D eigenvalue weighted by Crippen LogP contribution is -2.38. The summed E-state index contributed by atoms with van der Waals surface area (Å²) in [6, 6.07) is 27.8. The van der Waals surface area contributed by atoms with Crippen molar-refractivity contribution in [1.82, 2.24) is 10.1 Å². The third-order valence-electron chi connectivity index (χ3n) is 6.30. The van der Waals surface area contributed by atoms with Gasteiger partial charge in [-0.05, 0) is 36.1 Å². The van der Waals surface area contributed by atoms with Gasteiger partial charge in [0, 0.05) is 6.42 Å². The molecule has 1 saturated carbocycles. The van der Waals surface area contributed by atoms with Crippen molar-refractivity contribution in [2.75, 3.05) is 5.32 Å². The molecule has 5 heteroatoms. The summed E-state index contributed by atoms with van der Waals surface area (Å²) in [7, 11) is 0. The van der Waals surface area contributed by atoms with E-state index in [-0.39, 0.29) is 5.91 Å². The van der Waals surface area contributed by atoms with Gasteiger partial charge in [0.05, 0.1) is 16.7 Å². The maximum absolute atomic E-state index is 13.6. The number of nitrogens with zero attached hydrogens (tertiary/aromatic N) is 2. The summed E-state index contributed by atoms with van der Waals surface area (Å²) in [5.74, 6) is 1.05. The van der Waals surface area contributed by atoms with Gasteiger partial charge in [0.25, 0.3) is 5.89 Å². The van der Waals surface area contributed by atoms with Crippen LogP contribution in [0.1, 0.15) is 42.6 Å². The van der Waals surface area contributed by atoms with Crippen LogP contribution >= 0.6 is 0 Å². The Bertz CT molecular complexity index is 1200. The highest BCUT2D eigenvalue weighted by atomic mass is 16.5. The van der Waals surface area contributed by atoms with Gasteiger partial charge in [0.1, 0.15) is 0 Å². The lowest BCUT2D eigenvalue weighted by atomic mass is 9.78. The van der Waals surface area contributed by atoms with Gasteiger partial charge in [0.2, 0.25) is 5.91 Å². The van der Waals surface area contributed by atoms with Crippen LogP contribution in [-0.2, 0) is 16.6 Å². The maximum atomic E-state index is 13.6. The molecule has 0 radical (unpaired) electrons. The molecule has 1 fully saturated rings. The summed E-state index contributed by atoms with van der Waals surface area (Å²) in [6.45, 7) is 0. The number of para-hydroxylation sites is 1. The van der Waals surface area contributed by atoms with Crippen LogP contribution in [0.15, 0.2) is 89.5 Å². The van der Waals surface area contributed by atoms with E-state index in [9.17, 15) is 4.79 Å². The van der Waals surface area contributed by atoms with Gasteiger partial charge in [-0.1, -0.05) is 90.8 Å². The molecule has 160 valence electrons. The van der Waals surface area contributed by atoms with Crippen molar-refractivity contribution in [3.8, 4) is 11.5 Å². The fraction of sp³-hybridized carbons (Fsp3) is 0.222. The first-order chi connectivity index (χ1) is 15.7. The number of aromatic nitrogens is 2. The SMILES string of the molecule is O=C(Nc1ccccc1-c1nc(Cc2ccccc2)no1)C1(c2ccccc2)CCCC1. The van der Waals surface area contributed by atoms with Crippen molar-refractivity contribution < 1.29 is 9.32 Å². The van der Waals surface area contributed by atoms with Gasteiger partial charge in [-0.3, -0.25) is 4.79 Å². The Morgan fingerprint density at radius 3 is 2.28 bits per heavy atom. The van der Waals surface area contributed by atoms with Crippen molar-refractivity contribution in [1.29, 1.82) is 0 Å². The molecule has 0 aliphatic heterocycles. The number of carbonyl (C=O) groups is 1. The molecular weight excluding hydrogens is 398 g/mol. The molecule has 0 bridgehead atoms. The van der Waals surface area contributed by atoms with Gasteiger partial charge in [-0.2, -0.15) is 4.98 Å². The molecule has 32 heavy (non-hydrogen) atoms. The summed E-state index contributed by atoms with van der Waals surface area (Å²) in [5.41, 5.74) is 3.12. The number of carbonyl (C=O) groups excluding carboxylic acids is 1. The zero-order chi connectivity index (χ0) is 21.8. The predicted molar refractivity (Wildman–Crippen MR) is 124 cm³/mol. The summed E-state index contributed by atoms with van der Waals surface area (Å²) >= 11 is 0. The maximum Gasteiger partial charge on any atom is 0.260 e. The molecule has 1 heterocycles. The summed E-state index contributed by atoms with van der Waals surface area (Å²) < 4.78 is 5.57. The predicted octanol–water partition coefficient (Wildman–Crippen LogP) is 5.78. The fourth-order valence-corrected chi connectivity index (χ4v) is 4.62. The van der Waals surface area contributed by atoms with Crippen molar-refractivity contribution in [3.63, 3.8) is 0 Å². The molecule has 1 aromatic heterocycles. The molecule has 0 saturated heterocycles. The Hall–Kier alpha value is -3.73. The first-order valence-electron chi connectivity index (χ1n) is 11.1. The molecular formula is C27H25N3O2. The number of hydrogen-bond acceptors (Lipinski definition) is 4. The molecule has 1 N–H and O–H groups in total. The molecule has 4 aromatic rings. The van der Waals surface area contributed by atoms with Crippen LogP contribution in [0.3, 0.4) is 0 Å². The van der Waals surface area contributed by atoms with Crippen LogP contribution < -0.4 is 5.32 Å². The van der Waals surface area contributed by atoms with E-state index in [1.807, 2.05) is 72.8 Å². The van der Waals surface area contributed by atoms with E-state index in [4.69, 9.17) is 4.52 Å². The van der Waals surface area contributed by atoms with Crippen LogP contribution in [0.5, 0.6) is 0 Å². The number of nitrogens with one attached hydrogen (secondary N) is 1. The number of rotatable bonds is 6. The van der Waals surface area contributed by atoms with Crippen LogP contribution in [0.4, 0.5) is 5.69 Å². The summed E-state index contributed by atoms with van der Waals surface area (Å²) in [5, 5.41) is 7.33. The van der Waals surface area contributed by atoms with E-state index in [0.717, 1.165) is 42.4 Å². The zero-order valence-electron chi connectivity index (χ0n) is 17.8.